The highest BCUT2D eigenvalue weighted by atomic mass is 32.2. The number of hydrogen-bond donors (Lipinski definition) is 1. The summed E-state index contributed by atoms with van der Waals surface area (Å²) in [5.41, 5.74) is 8.91. The van der Waals surface area contributed by atoms with E-state index < -0.39 is 5.97 Å². The lowest BCUT2D eigenvalue weighted by molar-refractivity contribution is 0.0439. The van der Waals surface area contributed by atoms with Gasteiger partial charge in [-0.15, -0.1) is 10.2 Å². The van der Waals surface area contributed by atoms with E-state index in [4.69, 9.17) is 14.9 Å². The van der Waals surface area contributed by atoms with Gasteiger partial charge in [0.2, 0.25) is 5.89 Å². The molecule has 7 nitrogen and oxygen atoms in total. The summed E-state index contributed by atoms with van der Waals surface area (Å²) in [6.07, 6.45) is 0. The third-order valence-corrected chi connectivity index (χ3v) is 5.37. The Morgan fingerprint density at radius 3 is 2.68 bits per heavy atom. The van der Waals surface area contributed by atoms with E-state index in [-0.39, 0.29) is 12.5 Å². The van der Waals surface area contributed by atoms with Crippen LogP contribution >= 0.6 is 11.8 Å². The summed E-state index contributed by atoms with van der Waals surface area (Å²) >= 11 is 1.94. The lowest BCUT2D eigenvalue weighted by atomic mass is 10.1. The quantitative estimate of drug-likeness (QED) is 0.519. The number of nitrogens with zero attached hydrogens (tertiary/aromatic N) is 3. The van der Waals surface area contributed by atoms with Gasteiger partial charge in [0.25, 0.3) is 5.89 Å². The molecule has 1 aromatic heterocycles. The van der Waals surface area contributed by atoms with Gasteiger partial charge in [0.1, 0.15) is 0 Å². The summed E-state index contributed by atoms with van der Waals surface area (Å²) in [5.74, 6) is 2.31. The zero-order chi connectivity index (χ0) is 19.3. The number of carbonyl (C=O) groups is 1. The Morgan fingerprint density at radius 2 is 1.93 bits per heavy atom. The highest BCUT2D eigenvalue weighted by molar-refractivity contribution is 7.99. The molecule has 2 aromatic carbocycles. The van der Waals surface area contributed by atoms with E-state index in [0.717, 1.165) is 35.8 Å². The standard InChI is InChI=1S/C20H20N4O3S/c21-16-12-15(6-7-17(16)24-8-10-28-11-9-24)20(25)26-13-18-22-23-19(27-18)14-4-2-1-3-5-14/h1-7,12H,8-11,13,21H2. The summed E-state index contributed by atoms with van der Waals surface area (Å²) in [7, 11) is 0. The van der Waals surface area contributed by atoms with Crippen LogP contribution in [0.4, 0.5) is 11.4 Å². The van der Waals surface area contributed by atoms with Gasteiger partial charge in [-0.3, -0.25) is 0 Å². The minimum atomic E-state index is -0.480. The molecule has 1 aliphatic heterocycles. The summed E-state index contributed by atoms with van der Waals surface area (Å²) in [4.78, 5) is 14.6. The molecule has 0 saturated carbocycles. The van der Waals surface area contributed by atoms with Crippen LogP contribution in [0, 0.1) is 0 Å². The fourth-order valence-electron chi connectivity index (χ4n) is 2.99. The Balaban J connectivity index is 1.39. The number of benzene rings is 2. The second-order valence-electron chi connectivity index (χ2n) is 6.32. The average molecular weight is 396 g/mol. The summed E-state index contributed by atoms with van der Waals surface area (Å²) in [6, 6.07) is 14.7. The SMILES string of the molecule is Nc1cc(C(=O)OCc2nnc(-c3ccccc3)o2)ccc1N1CCSCC1. The van der Waals surface area contributed by atoms with E-state index in [9.17, 15) is 4.79 Å². The zero-order valence-corrected chi connectivity index (χ0v) is 16.0. The topological polar surface area (TPSA) is 94.5 Å². The maximum atomic E-state index is 12.4. The van der Waals surface area contributed by atoms with Crippen molar-refractivity contribution in [2.75, 3.05) is 35.2 Å². The smallest absolute Gasteiger partial charge is 0.338 e. The molecule has 1 saturated heterocycles. The van der Waals surface area contributed by atoms with Gasteiger partial charge in [-0.2, -0.15) is 11.8 Å². The molecule has 1 fully saturated rings. The number of anilines is 2. The van der Waals surface area contributed by atoms with Crippen molar-refractivity contribution in [1.29, 1.82) is 0 Å². The number of ether oxygens (including phenoxy) is 1. The van der Waals surface area contributed by atoms with Crippen molar-refractivity contribution in [2.24, 2.45) is 0 Å². The van der Waals surface area contributed by atoms with Gasteiger partial charge in [0, 0.05) is 30.2 Å². The van der Waals surface area contributed by atoms with Crippen molar-refractivity contribution in [3.05, 3.63) is 60.0 Å². The Kier molecular flexibility index (Phi) is 5.48. The van der Waals surface area contributed by atoms with E-state index in [2.05, 4.69) is 15.1 Å². The van der Waals surface area contributed by atoms with Gasteiger partial charge >= 0.3 is 5.97 Å². The lowest BCUT2D eigenvalue weighted by Crippen LogP contribution is -2.33. The van der Waals surface area contributed by atoms with E-state index >= 15 is 0 Å². The minimum Gasteiger partial charge on any atom is -0.452 e. The molecule has 1 aliphatic rings. The molecule has 8 heteroatoms. The first-order valence-electron chi connectivity index (χ1n) is 8.98. The van der Waals surface area contributed by atoms with Crippen LogP contribution in [-0.4, -0.2) is 40.8 Å². The molecule has 0 radical (unpaired) electrons. The van der Waals surface area contributed by atoms with Crippen molar-refractivity contribution in [1.82, 2.24) is 10.2 Å². The molecule has 144 valence electrons. The highest BCUT2D eigenvalue weighted by Crippen LogP contribution is 2.27. The molecule has 2 N–H and O–H groups in total. The van der Waals surface area contributed by atoms with Gasteiger partial charge in [-0.1, -0.05) is 18.2 Å². The normalized spacial score (nSPS) is 14.1. The number of hydrogen-bond acceptors (Lipinski definition) is 8. The molecular weight excluding hydrogens is 376 g/mol. The number of aromatic nitrogens is 2. The summed E-state index contributed by atoms with van der Waals surface area (Å²) < 4.78 is 10.8. The van der Waals surface area contributed by atoms with Crippen molar-refractivity contribution in [3.63, 3.8) is 0 Å². The number of carbonyl (C=O) groups excluding carboxylic acids is 1. The van der Waals surface area contributed by atoms with Crippen LogP contribution in [0.1, 0.15) is 16.2 Å². The maximum Gasteiger partial charge on any atom is 0.338 e. The molecule has 0 spiro atoms. The third-order valence-electron chi connectivity index (χ3n) is 4.43. The fraction of sp³-hybridized carbons (Fsp3) is 0.250. The van der Waals surface area contributed by atoms with Crippen molar-refractivity contribution in [2.45, 2.75) is 6.61 Å². The van der Waals surface area contributed by atoms with E-state index in [1.807, 2.05) is 48.2 Å². The van der Waals surface area contributed by atoms with Crippen LogP contribution < -0.4 is 10.6 Å². The third kappa shape index (κ3) is 4.12. The Bertz CT molecular complexity index is 955. The summed E-state index contributed by atoms with van der Waals surface area (Å²) in [5, 5.41) is 7.90. The van der Waals surface area contributed by atoms with Gasteiger partial charge in [-0.25, -0.2) is 4.79 Å². The molecular formula is C20H20N4O3S. The monoisotopic (exact) mass is 396 g/mol. The van der Waals surface area contributed by atoms with Gasteiger partial charge in [-0.05, 0) is 30.3 Å². The predicted octanol–water partition coefficient (Wildman–Crippen LogP) is 3.23. The average Bonchev–Trinajstić information content (AvgIpc) is 3.22. The largest absolute Gasteiger partial charge is 0.452 e. The zero-order valence-electron chi connectivity index (χ0n) is 15.2. The van der Waals surface area contributed by atoms with Crippen molar-refractivity contribution >= 4 is 29.1 Å². The number of esters is 1. The number of thioether (sulfide) groups is 1. The van der Waals surface area contributed by atoms with Crippen LogP contribution in [0.3, 0.4) is 0 Å². The van der Waals surface area contributed by atoms with Crippen LogP contribution in [-0.2, 0) is 11.3 Å². The van der Waals surface area contributed by atoms with Crippen LogP contribution in [0.2, 0.25) is 0 Å². The Hall–Kier alpha value is -3.00. The van der Waals surface area contributed by atoms with E-state index in [1.165, 1.54) is 0 Å². The predicted molar refractivity (Wildman–Crippen MR) is 109 cm³/mol. The van der Waals surface area contributed by atoms with Crippen molar-refractivity contribution < 1.29 is 13.9 Å². The Labute approximate surface area is 166 Å². The second kappa shape index (κ2) is 8.35. The lowest BCUT2D eigenvalue weighted by Gasteiger charge is -2.29. The van der Waals surface area contributed by atoms with Crippen LogP contribution in [0.15, 0.2) is 52.9 Å². The van der Waals surface area contributed by atoms with Gasteiger partial charge in [0.15, 0.2) is 6.61 Å². The minimum absolute atomic E-state index is 0.0936. The second-order valence-corrected chi connectivity index (χ2v) is 7.54. The number of nitrogen functional groups attached to an aromatic ring is 1. The first-order chi connectivity index (χ1) is 13.7. The maximum absolute atomic E-state index is 12.4. The van der Waals surface area contributed by atoms with E-state index in [1.54, 1.807) is 12.1 Å². The number of nitrogens with two attached hydrogens (primary N) is 1. The molecule has 0 aliphatic carbocycles. The molecule has 28 heavy (non-hydrogen) atoms. The Morgan fingerprint density at radius 1 is 1.14 bits per heavy atom. The number of rotatable bonds is 5. The molecule has 0 bridgehead atoms. The van der Waals surface area contributed by atoms with Crippen molar-refractivity contribution in [3.8, 4) is 11.5 Å². The first-order valence-corrected chi connectivity index (χ1v) is 10.1. The van der Waals surface area contributed by atoms with Crippen LogP contribution in [0.25, 0.3) is 11.5 Å². The van der Waals surface area contributed by atoms with Gasteiger partial charge in [0.05, 0.1) is 16.9 Å². The molecule has 0 atom stereocenters. The van der Waals surface area contributed by atoms with Crippen LogP contribution in [0.5, 0.6) is 0 Å². The fourth-order valence-corrected chi connectivity index (χ4v) is 3.90. The molecule has 0 amide bonds. The first kappa shape index (κ1) is 18.4. The molecule has 2 heterocycles. The van der Waals surface area contributed by atoms with E-state index in [0.29, 0.717) is 17.1 Å². The highest BCUT2D eigenvalue weighted by Gasteiger charge is 2.17. The molecule has 0 unspecified atom stereocenters. The van der Waals surface area contributed by atoms with Gasteiger partial charge < -0.3 is 19.8 Å². The molecule has 4 rings (SSSR count). The summed E-state index contributed by atoms with van der Waals surface area (Å²) in [6.45, 7) is 1.82. The molecule has 3 aromatic rings.